The van der Waals surface area contributed by atoms with Gasteiger partial charge in [0, 0.05) is 13.0 Å². The first-order chi connectivity index (χ1) is 9.73. The standard InChI is InChI=1S/C6H14N4O2.C5H7NO3.Al.3H/c7-4(5(11)12)2-1-3-10-6(8)9;7-4-2-1-3(6-4)5(8)9;;;;/h4H,1-3,7H2,(H,11,12)(H4,8,9,10);3H,1-2H2,(H,6,7)(H,8,9);;;;/t4-;;;;;/m0...../s1. The van der Waals surface area contributed by atoms with Crippen LogP contribution in [0.1, 0.15) is 25.7 Å². The fraction of sp³-hybridized carbons (Fsp3) is 0.636. The van der Waals surface area contributed by atoms with E-state index in [1.807, 2.05) is 0 Å². The van der Waals surface area contributed by atoms with Crippen LogP contribution in [0, 0.1) is 5.41 Å². The molecule has 0 bridgehead atoms. The number of guanidine groups is 1. The highest BCUT2D eigenvalue weighted by atomic mass is 27.0. The number of carboxylic acid groups (broad SMARTS) is 2. The number of carboxylic acids is 2. The van der Waals surface area contributed by atoms with Crippen LogP contribution in [0.25, 0.3) is 0 Å². The van der Waals surface area contributed by atoms with Crippen molar-refractivity contribution in [1.29, 1.82) is 5.41 Å². The molecule has 1 aliphatic rings. The number of amides is 1. The Labute approximate surface area is 138 Å². The van der Waals surface area contributed by atoms with E-state index < -0.39 is 24.0 Å². The molecular formula is C11H24AlN5O5. The van der Waals surface area contributed by atoms with E-state index >= 15 is 0 Å². The SMILES string of the molecule is N=C(N)NCCC[C@H](N)C(=O)O.O=C1CCC(C(=O)O)N1.[AlH3]. The first kappa shape index (κ1) is 22.5. The second-order valence-corrected chi connectivity index (χ2v) is 4.42. The lowest BCUT2D eigenvalue weighted by atomic mass is 10.2. The summed E-state index contributed by atoms with van der Waals surface area (Å²) >= 11 is 0. The van der Waals surface area contributed by atoms with Gasteiger partial charge in [0.15, 0.2) is 23.3 Å². The lowest BCUT2D eigenvalue weighted by molar-refractivity contribution is -0.140. The van der Waals surface area contributed by atoms with Crippen molar-refractivity contribution in [2.45, 2.75) is 37.8 Å². The van der Waals surface area contributed by atoms with Crippen molar-refractivity contribution in [3.63, 3.8) is 0 Å². The maximum Gasteiger partial charge on any atom is 0.326 e. The molecule has 2 atom stereocenters. The Kier molecular flexibility index (Phi) is 12.0. The molecule has 1 aliphatic heterocycles. The summed E-state index contributed by atoms with van der Waals surface area (Å²) in [6, 6.07) is -1.46. The van der Waals surface area contributed by atoms with Gasteiger partial charge in [0.1, 0.15) is 12.1 Å². The zero-order valence-electron chi connectivity index (χ0n) is 11.5. The molecule has 11 heteroatoms. The molecule has 9 N–H and O–H groups in total. The summed E-state index contributed by atoms with van der Waals surface area (Å²) in [6.45, 7) is 0.482. The monoisotopic (exact) mass is 333 g/mol. The third kappa shape index (κ3) is 10.9. The molecule has 0 aromatic heterocycles. The first-order valence-corrected chi connectivity index (χ1v) is 6.32. The van der Waals surface area contributed by atoms with Gasteiger partial charge in [-0.25, -0.2) is 4.79 Å². The molecule has 0 aromatic carbocycles. The zero-order valence-corrected chi connectivity index (χ0v) is 11.5. The molecule has 1 heterocycles. The molecule has 1 rings (SSSR count). The van der Waals surface area contributed by atoms with Crippen LogP contribution in [0.5, 0.6) is 0 Å². The van der Waals surface area contributed by atoms with Crippen molar-refractivity contribution in [3.05, 3.63) is 0 Å². The third-order valence-electron chi connectivity index (χ3n) is 2.62. The highest BCUT2D eigenvalue weighted by Gasteiger charge is 2.26. The van der Waals surface area contributed by atoms with Crippen molar-refractivity contribution < 1.29 is 24.6 Å². The second-order valence-electron chi connectivity index (χ2n) is 4.42. The summed E-state index contributed by atoms with van der Waals surface area (Å²) in [5.41, 5.74) is 10.2. The highest BCUT2D eigenvalue weighted by Crippen LogP contribution is 2.05. The van der Waals surface area contributed by atoms with Crippen LogP contribution in [-0.2, 0) is 14.4 Å². The van der Waals surface area contributed by atoms with Gasteiger partial charge in [0.05, 0.1) is 0 Å². The normalized spacial score (nSPS) is 17.1. The zero-order chi connectivity index (χ0) is 16.4. The van der Waals surface area contributed by atoms with E-state index in [0.717, 1.165) is 0 Å². The highest BCUT2D eigenvalue weighted by molar-refractivity contribution is 5.87. The van der Waals surface area contributed by atoms with E-state index in [9.17, 15) is 14.4 Å². The Balaban J connectivity index is 0. The molecule has 1 amide bonds. The molecule has 0 radical (unpaired) electrons. The fourth-order valence-electron chi connectivity index (χ4n) is 1.47. The Bertz CT molecular complexity index is 406. The van der Waals surface area contributed by atoms with Gasteiger partial charge in [0.2, 0.25) is 5.91 Å². The summed E-state index contributed by atoms with van der Waals surface area (Å²) < 4.78 is 0. The number of carbonyl (C=O) groups is 3. The summed E-state index contributed by atoms with van der Waals surface area (Å²) in [5.74, 6) is -2.22. The number of nitrogens with two attached hydrogens (primary N) is 2. The third-order valence-corrected chi connectivity index (χ3v) is 2.62. The van der Waals surface area contributed by atoms with Gasteiger partial charge in [0.25, 0.3) is 0 Å². The molecule has 1 unspecified atom stereocenters. The van der Waals surface area contributed by atoms with Crippen LogP contribution >= 0.6 is 0 Å². The Morgan fingerprint density at radius 2 is 2.05 bits per heavy atom. The minimum atomic E-state index is -1.00. The maximum atomic E-state index is 10.4. The van der Waals surface area contributed by atoms with E-state index in [1.54, 1.807) is 0 Å². The smallest absolute Gasteiger partial charge is 0.326 e. The average Bonchev–Trinajstić information content (AvgIpc) is 2.81. The summed E-state index contributed by atoms with van der Waals surface area (Å²) in [7, 11) is 0. The van der Waals surface area contributed by atoms with E-state index in [0.29, 0.717) is 32.2 Å². The minimum absolute atomic E-state index is 0. The van der Waals surface area contributed by atoms with Gasteiger partial charge in [-0.2, -0.15) is 0 Å². The van der Waals surface area contributed by atoms with E-state index in [2.05, 4.69) is 10.6 Å². The van der Waals surface area contributed by atoms with Crippen molar-refractivity contribution >= 4 is 41.2 Å². The lowest BCUT2D eigenvalue weighted by Gasteiger charge is -2.06. The number of rotatable bonds is 6. The van der Waals surface area contributed by atoms with Gasteiger partial charge < -0.3 is 32.3 Å². The van der Waals surface area contributed by atoms with Crippen LogP contribution in [0.3, 0.4) is 0 Å². The van der Waals surface area contributed by atoms with Crippen molar-refractivity contribution in [2.75, 3.05) is 6.54 Å². The number of hydrogen-bond acceptors (Lipinski definition) is 5. The lowest BCUT2D eigenvalue weighted by Crippen LogP contribution is -2.34. The molecule has 10 nitrogen and oxygen atoms in total. The van der Waals surface area contributed by atoms with Gasteiger partial charge in [-0.15, -0.1) is 0 Å². The number of aliphatic carboxylic acids is 2. The molecule has 1 fully saturated rings. The average molecular weight is 333 g/mol. The Morgan fingerprint density at radius 1 is 1.45 bits per heavy atom. The molecular weight excluding hydrogens is 309 g/mol. The fourth-order valence-corrected chi connectivity index (χ4v) is 1.47. The van der Waals surface area contributed by atoms with Crippen LogP contribution < -0.4 is 22.1 Å². The molecule has 22 heavy (non-hydrogen) atoms. The van der Waals surface area contributed by atoms with E-state index in [-0.39, 0.29) is 29.2 Å². The minimum Gasteiger partial charge on any atom is -0.480 e. The van der Waals surface area contributed by atoms with E-state index in [4.69, 9.17) is 27.1 Å². The molecule has 1 saturated heterocycles. The molecule has 126 valence electrons. The van der Waals surface area contributed by atoms with Crippen molar-refractivity contribution in [1.82, 2.24) is 10.6 Å². The molecule has 0 aliphatic carbocycles. The topological polar surface area (TPSA) is 192 Å². The number of hydrogen-bond donors (Lipinski definition) is 7. The molecule has 0 aromatic rings. The molecule has 0 saturated carbocycles. The second kappa shape index (κ2) is 11.8. The maximum absolute atomic E-state index is 10.4. The largest absolute Gasteiger partial charge is 0.480 e. The Morgan fingerprint density at radius 3 is 2.36 bits per heavy atom. The predicted molar refractivity (Wildman–Crippen MR) is 83.5 cm³/mol. The summed E-state index contributed by atoms with van der Waals surface area (Å²) in [6.07, 6.45) is 1.74. The first-order valence-electron chi connectivity index (χ1n) is 6.32. The van der Waals surface area contributed by atoms with E-state index in [1.165, 1.54) is 0 Å². The van der Waals surface area contributed by atoms with Crippen LogP contribution in [0.2, 0.25) is 0 Å². The van der Waals surface area contributed by atoms with Crippen LogP contribution in [0.15, 0.2) is 0 Å². The quantitative estimate of drug-likeness (QED) is 0.114. The van der Waals surface area contributed by atoms with Crippen molar-refractivity contribution in [3.8, 4) is 0 Å². The predicted octanol–water partition coefficient (Wildman–Crippen LogP) is -3.17. The number of nitrogens with one attached hydrogen (secondary N) is 3. The van der Waals surface area contributed by atoms with Gasteiger partial charge in [-0.1, -0.05) is 0 Å². The number of carbonyl (C=O) groups excluding carboxylic acids is 1. The Hall–Kier alpha value is -1.83. The van der Waals surface area contributed by atoms with Crippen LogP contribution in [-0.4, -0.2) is 70.0 Å². The van der Waals surface area contributed by atoms with Gasteiger partial charge in [-0.3, -0.25) is 15.0 Å². The van der Waals surface area contributed by atoms with Crippen LogP contribution in [0.4, 0.5) is 0 Å². The van der Waals surface area contributed by atoms with Crippen molar-refractivity contribution in [2.24, 2.45) is 11.5 Å². The summed E-state index contributed by atoms with van der Waals surface area (Å²) in [4.78, 5) is 30.7. The molecule has 0 spiro atoms. The summed E-state index contributed by atoms with van der Waals surface area (Å²) in [5, 5.41) is 28.3. The van der Waals surface area contributed by atoms with Gasteiger partial charge in [-0.05, 0) is 19.3 Å². The van der Waals surface area contributed by atoms with Gasteiger partial charge >= 0.3 is 11.9 Å².